The van der Waals surface area contributed by atoms with Gasteiger partial charge in [-0.3, -0.25) is 4.79 Å². The van der Waals surface area contributed by atoms with Crippen LogP contribution in [0.15, 0.2) is 29.4 Å². The number of ether oxygens (including phenoxy) is 1. The Kier molecular flexibility index (Phi) is 5.98. The quantitative estimate of drug-likeness (QED) is 0.651. The van der Waals surface area contributed by atoms with E-state index < -0.39 is 0 Å². The van der Waals surface area contributed by atoms with Gasteiger partial charge in [-0.15, -0.1) is 0 Å². The first-order chi connectivity index (χ1) is 11.0. The van der Waals surface area contributed by atoms with Gasteiger partial charge in [0.05, 0.1) is 12.9 Å². The predicted molar refractivity (Wildman–Crippen MR) is 91.8 cm³/mol. The van der Waals surface area contributed by atoms with E-state index in [1.807, 2.05) is 45.0 Å². The van der Waals surface area contributed by atoms with Crippen molar-refractivity contribution >= 4 is 17.7 Å². The lowest BCUT2D eigenvalue weighted by Gasteiger charge is -2.08. The molecule has 0 radical (unpaired) electrons. The van der Waals surface area contributed by atoms with Crippen LogP contribution in [0.3, 0.4) is 0 Å². The Balaban J connectivity index is 1.85. The predicted octanol–water partition coefficient (Wildman–Crippen LogP) is 2.82. The molecule has 1 N–H and O–H groups in total. The lowest BCUT2D eigenvalue weighted by atomic mass is 10.2. The zero-order valence-corrected chi connectivity index (χ0v) is 14.7. The third-order valence-corrected chi connectivity index (χ3v) is 4.42. The van der Waals surface area contributed by atoms with Gasteiger partial charge in [-0.05, 0) is 44.0 Å². The normalized spacial score (nSPS) is 10.4. The fraction of sp³-hybridized carbons (Fsp3) is 0.353. The van der Waals surface area contributed by atoms with E-state index in [9.17, 15) is 4.79 Å². The first-order valence-corrected chi connectivity index (χ1v) is 8.32. The number of hydrogen-bond donors (Lipinski definition) is 1. The Bertz CT molecular complexity index is 681. The summed E-state index contributed by atoms with van der Waals surface area (Å²) in [4.78, 5) is 20.8. The first-order valence-electron chi connectivity index (χ1n) is 7.34. The number of benzene rings is 1. The number of hydrogen-bond acceptors (Lipinski definition) is 5. The van der Waals surface area contributed by atoms with Crippen molar-refractivity contribution in [2.75, 3.05) is 12.9 Å². The highest BCUT2D eigenvalue weighted by atomic mass is 32.2. The molecule has 0 spiro atoms. The summed E-state index contributed by atoms with van der Waals surface area (Å²) >= 11 is 1.35. The molecular weight excluding hydrogens is 310 g/mol. The molecule has 23 heavy (non-hydrogen) atoms. The Morgan fingerprint density at radius 2 is 1.91 bits per heavy atom. The van der Waals surface area contributed by atoms with Gasteiger partial charge in [0.15, 0.2) is 5.16 Å². The number of aryl methyl sites for hydroxylation is 2. The van der Waals surface area contributed by atoms with Crippen molar-refractivity contribution in [1.82, 2.24) is 15.3 Å². The third kappa shape index (κ3) is 4.96. The van der Waals surface area contributed by atoms with Crippen LogP contribution < -0.4 is 10.1 Å². The van der Waals surface area contributed by atoms with Gasteiger partial charge in [0.1, 0.15) is 5.75 Å². The molecule has 0 fully saturated rings. The summed E-state index contributed by atoms with van der Waals surface area (Å²) in [5.74, 6) is 1.04. The minimum Gasteiger partial charge on any atom is -0.497 e. The van der Waals surface area contributed by atoms with E-state index in [1.165, 1.54) is 11.8 Å². The second kappa shape index (κ2) is 7.97. The van der Waals surface area contributed by atoms with Crippen molar-refractivity contribution in [3.05, 3.63) is 46.8 Å². The summed E-state index contributed by atoms with van der Waals surface area (Å²) in [5.41, 5.74) is 4.01. The first kappa shape index (κ1) is 17.3. The number of carbonyl (C=O) groups is 1. The van der Waals surface area contributed by atoms with E-state index in [1.54, 1.807) is 7.11 Å². The topological polar surface area (TPSA) is 64.1 Å². The molecule has 0 saturated heterocycles. The van der Waals surface area contributed by atoms with E-state index >= 15 is 0 Å². The lowest BCUT2D eigenvalue weighted by Crippen LogP contribution is -2.24. The molecule has 2 rings (SSSR count). The molecule has 5 nitrogen and oxygen atoms in total. The Morgan fingerprint density at radius 3 is 2.57 bits per heavy atom. The molecule has 0 bridgehead atoms. The minimum absolute atomic E-state index is 0.0442. The van der Waals surface area contributed by atoms with Gasteiger partial charge in [-0.2, -0.15) is 0 Å². The van der Waals surface area contributed by atoms with Gasteiger partial charge in [0.25, 0.3) is 0 Å². The molecule has 0 atom stereocenters. The molecule has 1 aromatic carbocycles. The number of nitrogens with one attached hydrogen (secondary N) is 1. The van der Waals surface area contributed by atoms with E-state index in [0.717, 1.165) is 28.3 Å². The van der Waals surface area contributed by atoms with Crippen LogP contribution in [0.25, 0.3) is 0 Å². The molecule has 122 valence electrons. The number of rotatable bonds is 6. The average molecular weight is 331 g/mol. The zero-order chi connectivity index (χ0) is 16.8. The summed E-state index contributed by atoms with van der Waals surface area (Å²) in [7, 11) is 1.62. The lowest BCUT2D eigenvalue weighted by molar-refractivity contribution is -0.118. The van der Waals surface area contributed by atoms with Crippen LogP contribution in [0.1, 0.15) is 22.5 Å². The van der Waals surface area contributed by atoms with Crippen LogP contribution in [0.4, 0.5) is 0 Å². The van der Waals surface area contributed by atoms with Gasteiger partial charge >= 0.3 is 0 Å². The SMILES string of the molecule is COc1cccc(CNC(=O)CSc2nc(C)c(C)c(C)n2)c1. The fourth-order valence-electron chi connectivity index (χ4n) is 1.97. The van der Waals surface area contributed by atoms with Gasteiger partial charge in [0.2, 0.25) is 5.91 Å². The van der Waals surface area contributed by atoms with E-state index in [0.29, 0.717) is 17.5 Å². The van der Waals surface area contributed by atoms with Crippen LogP contribution in [-0.4, -0.2) is 28.7 Å². The smallest absolute Gasteiger partial charge is 0.230 e. The molecule has 1 heterocycles. The Labute approximate surface area is 140 Å². The van der Waals surface area contributed by atoms with Crippen molar-refractivity contribution in [2.45, 2.75) is 32.5 Å². The van der Waals surface area contributed by atoms with Crippen molar-refractivity contribution in [3.8, 4) is 5.75 Å². The fourth-order valence-corrected chi connectivity index (χ4v) is 2.74. The standard InChI is InChI=1S/C17H21N3O2S/c1-11-12(2)19-17(20-13(11)3)23-10-16(21)18-9-14-6-5-7-15(8-14)22-4/h5-8H,9-10H2,1-4H3,(H,18,21). The largest absolute Gasteiger partial charge is 0.497 e. The molecule has 0 aliphatic carbocycles. The number of nitrogens with zero attached hydrogens (tertiary/aromatic N) is 2. The molecule has 0 aliphatic heterocycles. The highest BCUT2D eigenvalue weighted by Gasteiger charge is 2.08. The summed E-state index contributed by atoms with van der Waals surface area (Å²) in [5, 5.41) is 3.53. The number of aromatic nitrogens is 2. The van der Waals surface area contributed by atoms with Crippen molar-refractivity contribution < 1.29 is 9.53 Å². The summed E-state index contributed by atoms with van der Waals surface area (Å²) in [6, 6.07) is 7.64. The van der Waals surface area contributed by atoms with Gasteiger partial charge in [0, 0.05) is 17.9 Å². The van der Waals surface area contributed by atoms with Crippen molar-refractivity contribution in [2.24, 2.45) is 0 Å². The van der Waals surface area contributed by atoms with Crippen LogP contribution in [-0.2, 0) is 11.3 Å². The third-order valence-electron chi connectivity index (χ3n) is 3.57. The van der Waals surface area contributed by atoms with E-state index in [4.69, 9.17) is 4.74 Å². The van der Waals surface area contributed by atoms with E-state index in [2.05, 4.69) is 15.3 Å². The maximum absolute atomic E-state index is 12.0. The van der Waals surface area contributed by atoms with Crippen LogP contribution in [0.5, 0.6) is 5.75 Å². The second-order valence-corrected chi connectivity index (χ2v) is 6.16. The Hall–Kier alpha value is -2.08. The number of amides is 1. The van der Waals surface area contributed by atoms with Gasteiger partial charge in [-0.1, -0.05) is 23.9 Å². The van der Waals surface area contributed by atoms with Crippen molar-refractivity contribution in [1.29, 1.82) is 0 Å². The zero-order valence-electron chi connectivity index (χ0n) is 13.8. The van der Waals surface area contributed by atoms with Crippen molar-refractivity contribution in [3.63, 3.8) is 0 Å². The van der Waals surface area contributed by atoms with Crippen LogP contribution in [0, 0.1) is 20.8 Å². The van der Waals surface area contributed by atoms with Crippen LogP contribution >= 0.6 is 11.8 Å². The highest BCUT2D eigenvalue weighted by Crippen LogP contribution is 2.17. The van der Waals surface area contributed by atoms with Gasteiger partial charge < -0.3 is 10.1 Å². The molecule has 0 aliphatic rings. The molecular formula is C17H21N3O2S. The maximum Gasteiger partial charge on any atom is 0.230 e. The van der Waals surface area contributed by atoms with Crippen LogP contribution in [0.2, 0.25) is 0 Å². The summed E-state index contributed by atoms with van der Waals surface area (Å²) < 4.78 is 5.17. The summed E-state index contributed by atoms with van der Waals surface area (Å²) in [6.07, 6.45) is 0. The molecule has 0 saturated carbocycles. The minimum atomic E-state index is -0.0442. The van der Waals surface area contributed by atoms with E-state index in [-0.39, 0.29) is 5.91 Å². The molecule has 6 heteroatoms. The molecule has 1 aromatic heterocycles. The monoisotopic (exact) mass is 331 g/mol. The molecule has 1 amide bonds. The number of methoxy groups -OCH3 is 1. The van der Waals surface area contributed by atoms with Gasteiger partial charge in [-0.25, -0.2) is 9.97 Å². The molecule has 0 unspecified atom stereocenters. The summed E-state index contributed by atoms with van der Waals surface area (Å²) in [6.45, 7) is 6.39. The maximum atomic E-state index is 12.0. The highest BCUT2D eigenvalue weighted by molar-refractivity contribution is 7.99. The number of thioether (sulfide) groups is 1. The Morgan fingerprint density at radius 1 is 1.22 bits per heavy atom. The average Bonchev–Trinajstić information content (AvgIpc) is 2.56. The molecule has 2 aromatic rings. The second-order valence-electron chi connectivity index (χ2n) is 5.22. The number of carbonyl (C=O) groups excluding carboxylic acids is 1.